The van der Waals surface area contributed by atoms with Crippen molar-refractivity contribution < 1.29 is 9.84 Å². The number of rotatable bonds is 10. The van der Waals surface area contributed by atoms with Crippen LogP contribution in [0.3, 0.4) is 0 Å². The van der Waals surface area contributed by atoms with Crippen LogP contribution in [0.4, 0.5) is 11.8 Å². The van der Waals surface area contributed by atoms with Crippen LogP contribution in [0.15, 0.2) is 36.5 Å². The molecule has 4 N–H and O–H groups in total. The Bertz CT molecular complexity index is 607. The van der Waals surface area contributed by atoms with Gasteiger partial charge in [-0.25, -0.2) is 4.98 Å². The van der Waals surface area contributed by atoms with Crippen LogP contribution in [0, 0.1) is 0 Å². The van der Waals surface area contributed by atoms with Gasteiger partial charge in [-0.2, -0.15) is 4.98 Å². The molecule has 0 radical (unpaired) electrons. The zero-order valence-electron chi connectivity index (χ0n) is 14.1. The molecule has 0 fully saturated rings. The smallest absolute Gasteiger partial charge is 0.222 e. The first-order chi connectivity index (χ1) is 11.7. The predicted molar refractivity (Wildman–Crippen MR) is 96.1 cm³/mol. The quantitative estimate of drug-likeness (QED) is 0.580. The maximum absolute atomic E-state index is 9.44. The van der Waals surface area contributed by atoms with E-state index < -0.39 is 0 Å². The summed E-state index contributed by atoms with van der Waals surface area (Å²) in [5.74, 6) is 1.28. The number of ether oxygens (including phenoxy) is 1. The summed E-state index contributed by atoms with van der Waals surface area (Å²) < 4.78 is 5.81. The second-order valence-electron chi connectivity index (χ2n) is 5.69. The third-order valence-electron chi connectivity index (χ3n) is 3.68. The standard InChI is InChI=1S/C18H26N4O2/c1-2-7-15(13-23)21-17-16(12-20-18(19)22-17)24-11-6-10-14-8-4-3-5-9-14/h3-5,8-9,12,15,23H,2,6-7,10-11,13H2,1H3,(H3,19,20,21,22)/t15-/m0/s1. The van der Waals surface area contributed by atoms with Crippen LogP contribution in [0.1, 0.15) is 31.7 Å². The van der Waals surface area contributed by atoms with Gasteiger partial charge in [-0.15, -0.1) is 0 Å². The molecule has 0 aliphatic rings. The largest absolute Gasteiger partial charge is 0.488 e. The van der Waals surface area contributed by atoms with Gasteiger partial charge in [0.2, 0.25) is 5.95 Å². The molecular formula is C18H26N4O2. The summed E-state index contributed by atoms with van der Waals surface area (Å²) in [7, 11) is 0. The summed E-state index contributed by atoms with van der Waals surface area (Å²) in [6, 6.07) is 10.2. The molecule has 1 heterocycles. The number of aliphatic hydroxyl groups excluding tert-OH is 1. The molecule has 0 spiro atoms. The van der Waals surface area contributed by atoms with E-state index in [1.807, 2.05) is 18.2 Å². The van der Waals surface area contributed by atoms with E-state index in [0.717, 1.165) is 25.7 Å². The molecule has 0 aliphatic heterocycles. The lowest BCUT2D eigenvalue weighted by molar-refractivity contribution is 0.267. The van der Waals surface area contributed by atoms with E-state index in [-0.39, 0.29) is 18.6 Å². The Labute approximate surface area is 143 Å². The van der Waals surface area contributed by atoms with Crippen LogP contribution in [-0.4, -0.2) is 34.3 Å². The highest BCUT2D eigenvalue weighted by atomic mass is 16.5. The van der Waals surface area contributed by atoms with Crippen molar-refractivity contribution in [1.82, 2.24) is 9.97 Å². The van der Waals surface area contributed by atoms with Gasteiger partial charge in [0.15, 0.2) is 11.6 Å². The first kappa shape index (κ1) is 18.0. The van der Waals surface area contributed by atoms with E-state index in [1.54, 1.807) is 6.20 Å². The Kier molecular flexibility index (Phi) is 7.29. The molecule has 130 valence electrons. The number of nitrogens with zero attached hydrogens (tertiary/aromatic N) is 2. The number of aliphatic hydroxyl groups is 1. The third-order valence-corrected chi connectivity index (χ3v) is 3.68. The minimum Gasteiger partial charge on any atom is -0.488 e. The minimum absolute atomic E-state index is 0.0329. The average molecular weight is 330 g/mol. The number of nitrogens with one attached hydrogen (secondary N) is 1. The van der Waals surface area contributed by atoms with Crippen molar-refractivity contribution in [3.05, 3.63) is 42.1 Å². The number of anilines is 2. The Morgan fingerprint density at radius 3 is 2.79 bits per heavy atom. The van der Waals surface area contributed by atoms with E-state index in [2.05, 4.69) is 34.3 Å². The van der Waals surface area contributed by atoms with Crippen molar-refractivity contribution in [2.45, 2.75) is 38.6 Å². The maximum atomic E-state index is 9.44. The van der Waals surface area contributed by atoms with Gasteiger partial charge in [0.1, 0.15) is 0 Å². The highest BCUT2D eigenvalue weighted by Crippen LogP contribution is 2.23. The molecule has 2 rings (SSSR count). The molecule has 0 saturated carbocycles. The van der Waals surface area contributed by atoms with Crippen LogP contribution >= 0.6 is 0 Å². The number of nitrogens with two attached hydrogens (primary N) is 1. The summed E-state index contributed by atoms with van der Waals surface area (Å²) in [6.45, 7) is 2.67. The molecule has 0 amide bonds. The van der Waals surface area contributed by atoms with Crippen LogP contribution in [0.25, 0.3) is 0 Å². The van der Waals surface area contributed by atoms with E-state index >= 15 is 0 Å². The zero-order chi connectivity index (χ0) is 17.2. The van der Waals surface area contributed by atoms with Crippen LogP contribution < -0.4 is 15.8 Å². The van der Waals surface area contributed by atoms with Gasteiger partial charge in [-0.05, 0) is 24.8 Å². The van der Waals surface area contributed by atoms with Gasteiger partial charge in [-0.1, -0.05) is 43.7 Å². The molecule has 0 aliphatic carbocycles. The van der Waals surface area contributed by atoms with Gasteiger partial charge < -0.3 is 20.9 Å². The Hall–Kier alpha value is -2.34. The SMILES string of the molecule is CCC[C@@H](CO)Nc1nc(N)ncc1OCCCc1ccccc1. The first-order valence-electron chi connectivity index (χ1n) is 8.39. The van der Waals surface area contributed by atoms with Crippen molar-refractivity contribution in [3.63, 3.8) is 0 Å². The fourth-order valence-electron chi connectivity index (χ4n) is 2.45. The van der Waals surface area contributed by atoms with Gasteiger partial charge in [0.05, 0.1) is 25.5 Å². The molecule has 0 saturated heterocycles. The van der Waals surface area contributed by atoms with E-state index in [4.69, 9.17) is 10.5 Å². The van der Waals surface area contributed by atoms with Crippen LogP contribution in [-0.2, 0) is 6.42 Å². The van der Waals surface area contributed by atoms with Crippen molar-refractivity contribution in [1.29, 1.82) is 0 Å². The number of hydrogen-bond acceptors (Lipinski definition) is 6. The molecule has 1 aromatic heterocycles. The zero-order valence-corrected chi connectivity index (χ0v) is 14.1. The lowest BCUT2D eigenvalue weighted by Crippen LogP contribution is -2.24. The Morgan fingerprint density at radius 2 is 2.08 bits per heavy atom. The normalized spacial score (nSPS) is 11.9. The third kappa shape index (κ3) is 5.70. The van der Waals surface area contributed by atoms with Gasteiger partial charge in [0.25, 0.3) is 0 Å². The molecule has 0 bridgehead atoms. The molecule has 1 aromatic carbocycles. The summed E-state index contributed by atoms with van der Waals surface area (Å²) in [6.07, 6.45) is 5.23. The average Bonchev–Trinajstić information content (AvgIpc) is 2.60. The van der Waals surface area contributed by atoms with Crippen molar-refractivity contribution in [3.8, 4) is 5.75 Å². The lowest BCUT2D eigenvalue weighted by Gasteiger charge is -2.18. The lowest BCUT2D eigenvalue weighted by atomic mass is 10.1. The Balaban J connectivity index is 1.91. The maximum Gasteiger partial charge on any atom is 0.222 e. The van der Waals surface area contributed by atoms with Crippen molar-refractivity contribution in [2.75, 3.05) is 24.3 Å². The van der Waals surface area contributed by atoms with Gasteiger partial charge in [0, 0.05) is 0 Å². The number of aromatic nitrogens is 2. The van der Waals surface area contributed by atoms with Crippen LogP contribution in [0.2, 0.25) is 0 Å². The van der Waals surface area contributed by atoms with Gasteiger partial charge in [-0.3, -0.25) is 0 Å². The van der Waals surface area contributed by atoms with Crippen molar-refractivity contribution in [2.24, 2.45) is 0 Å². The van der Waals surface area contributed by atoms with E-state index in [0.29, 0.717) is 18.2 Å². The molecule has 1 atom stereocenters. The number of nitrogen functional groups attached to an aromatic ring is 1. The monoisotopic (exact) mass is 330 g/mol. The van der Waals surface area contributed by atoms with E-state index in [9.17, 15) is 5.11 Å². The molecule has 24 heavy (non-hydrogen) atoms. The number of benzene rings is 1. The second kappa shape index (κ2) is 9.72. The predicted octanol–water partition coefficient (Wildman–Crippen LogP) is 2.64. The van der Waals surface area contributed by atoms with E-state index in [1.165, 1.54) is 5.56 Å². The number of hydrogen-bond donors (Lipinski definition) is 3. The highest BCUT2D eigenvalue weighted by molar-refractivity contribution is 5.51. The summed E-state index contributed by atoms with van der Waals surface area (Å²) in [4.78, 5) is 8.19. The highest BCUT2D eigenvalue weighted by Gasteiger charge is 2.12. The molecule has 0 unspecified atom stereocenters. The van der Waals surface area contributed by atoms with Crippen molar-refractivity contribution >= 4 is 11.8 Å². The number of aryl methyl sites for hydroxylation is 1. The minimum atomic E-state index is -0.0732. The molecule has 6 heteroatoms. The fraction of sp³-hybridized carbons (Fsp3) is 0.444. The summed E-state index contributed by atoms with van der Waals surface area (Å²) >= 11 is 0. The second-order valence-corrected chi connectivity index (χ2v) is 5.69. The first-order valence-corrected chi connectivity index (χ1v) is 8.39. The summed E-state index contributed by atoms with van der Waals surface area (Å²) in [5, 5.41) is 12.6. The summed E-state index contributed by atoms with van der Waals surface area (Å²) in [5.41, 5.74) is 6.96. The van der Waals surface area contributed by atoms with Gasteiger partial charge >= 0.3 is 0 Å². The Morgan fingerprint density at radius 1 is 1.29 bits per heavy atom. The molecule has 6 nitrogen and oxygen atoms in total. The fourth-order valence-corrected chi connectivity index (χ4v) is 2.45. The topological polar surface area (TPSA) is 93.3 Å². The molecular weight excluding hydrogens is 304 g/mol. The molecule has 2 aromatic rings. The van der Waals surface area contributed by atoms with Crippen LogP contribution in [0.5, 0.6) is 5.75 Å².